The predicted octanol–water partition coefficient (Wildman–Crippen LogP) is 8.75. The number of hydrogen-bond donors (Lipinski definition) is 3. The zero-order valence-corrected chi connectivity index (χ0v) is 32.0. The number of nitrogens with one attached hydrogen (secondary N) is 2. The first-order valence-electron chi connectivity index (χ1n) is 17.6. The minimum absolute atomic E-state index is 0.109. The Morgan fingerprint density at radius 3 is 2.61 bits per heavy atom. The SMILES string of the molecule is C=C(/C=C(\C=C/C)C(F)(F)F)NC(=O)Nc1ccc(Oc2ncnc3cc(OCCCN4CCC5(CC4)COC5)c(C(=C)[C@@H](N)CCSC)cc23)cc1Cl. The van der Waals surface area contributed by atoms with Gasteiger partial charge >= 0.3 is 12.2 Å². The fraction of sp³-hybridized carbons (Fsp3) is 0.410. The first-order valence-corrected chi connectivity index (χ1v) is 19.4. The van der Waals surface area contributed by atoms with Crippen LogP contribution in [0.2, 0.25) is 5.02 Å². The van der Waals surface area contributed by atoms with Crippen molar-refractivity contribution in [2.45, 2.75) is 44.8 Å². The standard InChI is InChI=1S/C39H46ClF3N6O4S/c1-5-7-27(39(41,42)43)18-25(2)47-37(50)48-33-9-8-28(19-31(33)40)53-36-30-20-29(26(3)32(44)10-17-54-4)35(21-34(30)45-24-46-36)52-16-6-13-49-14-11-38(12-15-49)22-51-23-38/h5,7-9,18-21,24,32H,2-3,6,10-17,22-23,44H2,1,4H3,(H2,47,48,50)/b7-5-,27-18+/t32-/m0/s1. The van der Waals surface area contributed by atoms with E-state index in [2.05, 4.69) is 38.7 Å². The fourth-order valence-corrected chi connectivity index (χ4v) is 6.94. The van der Waals surface area contributed by atoms with Crippen LogP contribution in [0.25, 0.3) is 16.5 Å². The van der Waals surface area contributed by atoms with Gasteiger partial charge in [-0.05, 0) is 87.6 Å². The number of amides is 2. The van der Waals surface area contributed by atoms with E-state index < -0.39 is 17.8 Å². The van der Waals surface area contributed by atoms with E-state index in [-0.39, 0.29) is 28.3 Å². The van der Waals surface area contributed by atoms with Gasteiger partial charge in [-0.25, -0.2) is 14.8 Å². The van der Waals surface area contributed by atoms with Gasteiger partial charge in [0.1, 0.15) is 17.8 Å². The molecule has 2 aliphatic heterocycles. The number of hydrogen-bond acceptors (Lipinski definition) is 9. The average Bonchev–Trinajstić information content (AvgIpc) is 3.12. The van der Waals surface area contributed by atoms with Crippen molar-refractivity contribution in [2.24, 2.45) is 11.1 Å². The summed E-state index contributed by atoms with van der Waals surface area (Å²) < 4.78 is 57.7. The van der Waals surface area contributed by atoms with Gasteiger partial charge in [-0.15, -0.1) is 0 Å². The van der Waals surface area contributed by atoms with Crippen molar-refractivity contribution in [3.05, 3.63) is 89.9 Å². The third-order valence-electron chi connectivity index (χ3n) is 9.42. The predicted molar refractivity (Wildman–Crippen MR) is 210 cm³/mol. The van der Waals surface area contributed by atoms with Crippen LogP contribution in [0.5, 0.6) is 17.4 Å². The number of fused-ring (bicyclic) bond motifs is 1. The molecule has 4 N–H and O–H groups in total. The molecule has 1 aromatic heterocycles. The molecule has 2 fully saturated rings. The third kappa shape index (κ3) is 10.8. The van der Waals surface area contributed by atoms with Crippen molar-refractivity contribution in [1.29, 1.82) is 0 Å². The van der Waals surface area contributed by atoms with Gasteiger partial charge < -0.3 is 35.5 Å². The van der Waals surface area contributed by atoms with E-state index in [9.17, 15) is 18.0 Å². The molecule has 5 rings (SSSR count). The first kappa shape index (κ1) is 41.1. The highest BCUT2D eigenvalue weighted by Crippen LogP contribution is 2.39. The van der Waals surface area contributed by atoms with Gasteiger partial charge in [0.25, 0.3) is 0 Å². The number of likely N-dealkylation sites (tertiary alicyclic amines) is 1. The first-order chi connectivity index (χ1) is 25.8. The molecule has 0 unspecified atom stereocenters. The van der Waals surface area contributed by atoms with E-state index in [4.69, 9.17) is 31.5 Å². The van der Waals surface area contributed by atoms with Crippen LogP contribution < -0.4 is 25.8 Å². The Morgan fingerprint density at radius 2 is 1.96 bits per heavy atom. The van der Waals surface area contributed by atoms with Gasteiger partial charge in [-0.2, -0.15) is 24.9 Å². The van der Waals surface area contributed by atoms with Gasteiger partial charge in [-0.1, -0.05) is 36.9 Å². The number of urea groups is 1. The maximum atomic E-state index is 13.2. The lowest BCUT2D eigenvalue weighted by Gasteiger charge is -2.47. The number of allylic oxidation sites excluding steroid dienone is 4. The van der Waals surface area contributed by atoms with Crippen molar-refractivity contribution < 1.29 is 32.2 Å². The molecule has 2 aliphatic rings. The summed E-state index contributed by atoms with van der Waals surface area (Å²) >= 11 is 8.19. The largest absolute Gasteiger partial charge is 0.493 e. The summed E-state index contributed by atoms with van der Waals surface area (Å²) in [7, 11) is 0. The molecule has 2 saturated heterocycles. The van der Waals surface area contributed by atoms with Crippen LogP contribution in [-0.2, 0) is 4.74 Å². The van der Waals surface area contributed by atoms with Gasteiger partial charge in [-0.3, -0.25) is 0 Å². The Kier molecular flexibility index (Phi) is 14.1. The molecule has 0 saturated carbocycles. The van der Waals surface area contributed by atoms with E-state index in [1.165, 1.54) is 44.3 Å². The minimum atomic E-state index is -4.61. The number of benzene rings is 2. The number of halogens is 4. The van der Waals surface area contributed by atoms with Gasteiger partial charge in [0.05, 0.1) is 47.0 Å². The van der Waals surface area contributed by atoms with Gasteiger partial charge in [0, 0.05) is 41.4 Å². The number of rotatable bonds is 16. The molecule has 3 heterocycles. The second-order valence-corrected chi connectivity index (χ2v) is 14.8. The Hall–Kier alpha value is -4.08. The van der Waals surface area contributed by atoms with Crippen LogP contribution in [0.4, 0.5) is 23.7 Å². The summed E-state index contributed by atoms with van der Waals surface area (Å²) in [4.78, 5) is 23.9. The number of nitrogens with zero attached hydrogens (tertiary/aromatic N) is 3. The summed E-state index contributed by atoms with van der Waals surface area (Å²) in [5, 5.41) is 5.49. The minimum Gasteiger partial charge on any atom is -0.493 e. The quantitative estimate of drug-likeness (QED) is 0.0966. The molecular formula is C39H46ClF3N6O4S. The van der Waals surface area contributed by atoms with E-state index in [0.29, 0.717) is 34.4 Å². The fourth-order valence-electron chi connectivity index (χ4n) is 6.23. The summed E-state index contributed by atoms with van der Waals surface area (Å²) in [6, 6.07) is 7.14. The van der Waals surface area contributed by atoms with Gasteiger partial charge in [0.2, 0.25) is 5.88 Å². The molecule has 1 spiro atoms. The molecule has 10 nitrogen and oxygen atoms in total. The Bertz CT molecular complexity index is 1890. The number of ether oxygens (including phenoxy) is 3. The Balaban J connectivity index is 1.28. The molecule has 0 aliphatic carbocycles. The highest BCUT2D eigenvalue weighted by Gasteiger charge is 2.41. The number of anilines is 1. The van der Waals surface area contributed by atoms with Crippen molar-refractivity contribution in [2.75, 3.05) is 56.8 Å². The summed E-state index contributed by atoms with van der Waals surface area (Å²) in [6.07, 6.45) is 5.60. The van der Waals surface area contributed by atoms with Crippen LogP contribution in [0.1, 0.15) is 38.2 Å². The normalized spacial score (nSPS) is 16.6. The molecular weight excluding hydrogens is 741 g/mol. The van der Waals surface area contributed by atoms with Crippen molar-refractivity contribution in [3.8, 4) is 17.4 Å². The van der Waals surface area contributed by atoms with E-state index in [0.717, 1.165) is 74.7 Å². The average molecular weight is 787 g/mol. The zero-order chi connectivity index (χ0) is 38.9. The topological polar surface area (TPSA) is 124 Å². The number of alkyl halides is 3. The molecule has 1 atom stereocenters. The number of piperidine rings is 1. The number of carbonyl (C=O) groups excluding carboxylic acids is 1. The smallest absolute Gasteiger partial charge is 0.416 e. The van der Waals surface area contributed by atoms with Crippen molar-refractivity contribution >= 4 is 51.6 Å². The third-order valence-corrected chi connectivity index (χ3v) is 10.4. The van der Waals surface area contributed by atoms with Gasteiger partial charge in [0.15, 0.2) is 0 Å². The number of carbonyl (C=O) groups is 1. The summed E-state index contributed by atoms with van der Waals surface area (Å²) in [5.41, 5.74) is 8.01. The monoisotopic (exact) mass is 786 g/mol. The Labute approximate surface area is 323 Å². The highest BCUT2D eigenvalue weighted by molar-refractivity contribution is 7.98. The van der Waals surface area contributed by atoms with Crippen LogP contribution >= 0.6 is 23.4 Å². The van der Waals surface area contributed by atoms with Crippen molar-refractivity contribution in [1.82, 2.24) is 20.2 Å². The van der Waals surface area contributed by atoms with E-state index in [1.54, 1.807) is 17.8 Å². The van der Waals surface area contributed by atoms with Crippen molar-refractivity contribution in [3.63, 3.8) is 0 Å². The van der Waals surface area contributed by atoms with Crippen LogP contribution in [0.15, 0.2) is 79.3 Å². The second kappa shape index (κ2) is 18.5. The number of thioether (sulfide) groups is 1. The molecule has 0 bridgehead atoms. The molecule has 2 amide bonds. The summed E-state index contributed by atoms with van der Waals surface area (Å²) in [5.74, 6) is 2.06. The lowest BCUT2D eigenvalue weighted by molar-refractivity contribution is -0.139. The molecule has 2 aromatic carbocycles. The number of nitrogens with two attached hydrogens (primary N) is 1. The molecule has 3 aromatic rings. The highest BCUT2D eigenvalue weighted by atomic mass is 35.5. The van der Waals surface area contributed by atoms with E-state index >= 15 is 0 Å². The zero-order valence-electron chi connectivity index (χ0n) is 30.4. The van der Waals surface area contributed by atoms with Crippen LogP contribution in [0.3, 0.4) is 0 Å². The maximum Gasteiger partial charge on any atom is 0.416 e. The van der Waals surface area contributed by atoms with E-state index in [1.807, 2.05) is 18.4 Å². The second-order valence-electron chi connectivity index (χ2n) is 13.4. The Morgan fingerprint density at radius 1 is 1.20 bits per heavy atom. The molecule has 54 heavy (non-hydrogen) atoms. The number of aromatic nitrogens is 2. The van der Waals surface area contributed by atoms with Crippen LogP contribution in [0, 0.1) is 5.41 Å². The molecule has 0 radical (unpaired) electrons. The lowest BCUT2D eigenvalue weighted by atomic mass is 9.77. The summed E-state index contributed by atoms with van der Waals surface area (Å²) in [6.45, 7) is 14.7. The van der Waals surface area contributed by atoms with Crippen LogP contribution in [-0.4, -0.2) is 84.6 Å². The lowest BCUT2D eigenvalue weighted by Crippen LogP contribution is -2.51. The maximum absolute atomic E-state index is 13.2. The molecule has 290 valence electrons. The molecule has 15 heteroatoms.